The van der Waals surface area contributed by atoms with Crippen LogP contribution in [0.2, 0.25) is 0 Å². The van der Waals surface area contributed by atoms with E-state index in [2.05, 4.69) is 16.4 Å². The van der Waals surface area contributed by atoms with Gasteiger partial charge in [0, 0.05) is 10.9 Å². The summed E-state index contributed by atoms with van der Waals surface area (Å²) < 4.78 is 5.01. The van der Waals surface area contributed by atoms with Crippen molar-refractivity contribution in [3.8, 4) is 16.6 Å². The first-order valence-electron chi connectivity index (χ1n) is 6.25. The van der Waals surface area contributed by atoms with Crippen LogP contribution < -0.4 is 5.32 Å². The highest BCUT2D eigenvalue weighted by Gasteiger charge is 2.23. The SMILES string of the molecule is CC[C@@](C)(C#N)NC(=O)Cc1csc(-c2ccoc2)n1. The number of nitriles is 1. The van der Waals surface area contributed by atoms with Gasteiger partial charge in [-0.05, 0) is 19.4 Å². The van der Waals surface area contributed by atoms with Gasteiger partial charge in [0.25, 0.3) is 0 Å². The molecule has 1 amide bonds. The Morgan fingerprint density at radius 1 is 1.65 bits per heavy atom. The number of hydrogen-bond acceptors (Lipinski definition) is 5. The smallest absolute Gasteiger partial charge is 0.227 e. The van der Waals surface area contributed by atoms with Crippen LogP contribution in [0.3, 0.4) is 0 Å². The van der Waals surface area contributed by atoms with Crippen LogP contribution in [0.5, 0.6) is 0 Å². The maximum Gasteiger partial charge on any atom is 0.227 e. The van der Waals surface area contributed by atoms with Gasteiger partial charge in [-0.25, -0.2) is 4.98 Å². The molecule has 0 unspecified atom stereocenters. The predicted octanol–water partition coefficient (Wildman–Crippen LogP) is 2.75. The molecule has 0 saturated heterocycles. The molecule has 2 aromatic rings. The molecule has 0 aliphatic carbocycles. The number of carbonyl (C=O) groups is 1. The lowest BCUT2D eigenvalue weighted by Gasteiger charge is -2.20. The molecule has 0 fully saturated rings. The largest absolute Gasteiger partial charge is 0.472 e. The molecule has 1 N–H and O–H groups in total. The summed E-state index contributed by atoms with van der Waals surface area (Å²) in [7, 11) is 0. The lowest BCUT2D eigenvalue weighted by atomic mass is 10.0. The molecule has 1 atom stereocenters. The maximum atomic E-state index is 11.9. The fraction of sp³-hybridized carbons (Fsp3) is 0.357. The van der Waals surface area contributed by atoms with E-state index in [0.29, 0.717) is 12.1 Å². The van der Waals surface area contributed by atoms with Crippen LogP contribution in [0.4, 0.5) is 0 Å². The Labute approximate surface area is 121 Å². The summed E-state index contributed by atoms with van der Waals surface area (Å²) in [5.41, 5.74) is 0.776. The summed E-state index contributed by atoms with van der Waals surface area (Å²) >= 11 is 1.46. The molecule has 2 aromatic heterocycles. The van der Waals surface area contributed by atoms with Crippen molar-refractivity contribution in [1.29, 1.82) is 5.26 Å². The number of thiazole rings is 1. The number of amides is 1. The van der Waals surface area contributed by atoms with Crippen molar-refractivity contribution >= 4 is 17.2 Å². The highest BCUT2D eigenvalue weighted by molar-refractivity contribution is 7.13. The summed E-state index contributed by atoms with van der Waals surface area (Å²) in [5, 5.41) is 14.4. The second-order valence-electron chi connectivity index (χ2n) is 4.68. The molecule has 2 heterocycles. The predicted molar refractivity (Wildman–Crippen MR) is 76.0 cm³/mol. The van der Waals surface area contributed by atoms with Gasteiger partial charge < -0.3 is 9.73 Å². The van der Waals surface area contributed by atoms with Gasteiger partial charge in [-0.15, -0.1) is 11.3 Å². The minimum Gasteiger partial charge on any atom is -0.472 e. The van der Waals surface area contributed by atoms with Crippen LogP contribution >= 0.6 is 11.3 Å². The van der Waals surface area contributed by atoms with E-state index in [1.807, 2.05) is 18.4 Å². The molecule has 20 heavy (non-hydrogen) atoms. The Balaban J connectivity index is 2.01. The summed E-state index contributed by atoms with van der Waals surface area (Å²) in [4.78, 5) is 16.3. The topological polar surface area (TPSA) is 78.9 Å². The zero-order valence-electron chi connectivity index (χ0n) is 11.3. The van der Waals surface area contributed by atoms with Crippen LogP contribution in [0.15, 0.2) is 28.4 Å². The number of carbonyl (C=O) groups excluding carboxylic acids is 1. The summed E-state index contributed by atoms with van der Waals surface area (Å²) in [6.45, 7) is 3.58. The second kappa shape index (κ2) is 5.88. The highest BCUT2D eigenvalue weighted by atomic mass is 32.1. The Bertz CT molecular complexity index is 627. The Kier molecular flexibility index (Phi) is 4.20. The van der Waals surface area contributed by atoms with Gasteiger partial charge in [0.05, 0.1) is 24.4 Å². The first-order chi connectivity index (χ1) is 9.56. The molecule has 0 aromatic carbocycles. The van der Waals surface area contributed by atoms with Crippen molar-refractivity contribution in [2.75, 3.05) is 0 Å². The molecular weight excluding hydrogens is 274 g/mol. The van der Waals surface area contributed by atoms with E-state index in [1.165, 1.54) is 11.3 Å². The van der Waals surface area contributed by atoms with Gasteiger partial charge in [0.2, 0.25) is 5.91 Å². The lowest BCUT2D eigenvalue weighted by Crippen LogP contribution is -2.44. The van der Waals surface area contributed by atoms with Gasteiger partial charge in [0.15, 0.2) is 0 Å². The van der Waals surface area contributed by atoms with E-state index in [4.69, 9.17) is 9.68 Å². The first-order valence-corrected chi connectivity index (χ1v) is 7.13. The quantitative estimate of drug-likeness (QED) is 0.918. The molecule has 5 nitrogen and oxygen atoms in total. The number of aromatic nitrogens is 1. The zero-order valence-corrected chi connectivity index (χ0v) is 12.2. The molecule has 0 spiro atoms. The van der Waals surface area contributed by atoms with E-state index >= 15 is 0 Å². The van der Waals surface area contributed by atoms with E-state index in [1.54, 1.807) is 19.5 Å². The van der Waals surface area contributed by atoms with Crippen molar-refractivity contribution in [3.63, 3.8) is 0 Å². The number of nitrogens with zero attached hydrogens (tertiary/aromatic N) is 2. The van der Waals surface area contributed by atoms with Crippen LogP contribution in [0.1, 0.15) is 26.0 Å². The normalized spacial score (nSPS) is 13.4. The van der Waals surface area contributed by atoms with E-state index in [-0.39, 0.29) is 12.3 Å². The van der Waals surface area contributed by atoms with Gasteiger partial charge >= 0.3 is 0 Å². The summed E-state index contributed by atoms with van der Waals surface area (Å²) in [6.07, 6.45) is 3.94. The number of furan rings is 1. The summed E-state index contributed by atoms with van der Waals surface area (Å²) in [5.74, 6) is -0.194. The third-order valence-corrected chi connectivity index (χ3v) is 3.97. The number of nitrogens with one attached hydrogen (secondary N) is 1. The van der Waals surface area contributed by atoms with Crippen molar-refractivity contribution < 1.29 is 9.21 Å². The molecule has 0 radical (unpaired) electrons. The standard InChI is InChI=1S/C14H15N3O2S/c1-3-14(2,9-15)17-12(18)6-11-8-20-13(16-11)10-4-5-19-7-10/h4-5,7-8H,3,6H2,1-2H3,(H,17,18)/t14-/m0/s1. The van der Waals surface area contributed by atoms with Crippen molar-refractivity contribution in [1.82, 2.24) is 10.3 Å². The number of rotatable bonds is 5. The highest BCUT2D eigenvalue weighted by Crippen LogP contribution is 2.24. The van der Waals surface area contributed by atoms with E-state index in [0.717, 1.165) is 10.6 Å². The molecule has 6 heteroatoms. The Morgan fingerprint density at radius 2 is 2.45 bits per heavy atom. The molecule has 0 saturated carbocycles. The van der Waals surface area contributed by atoms with Gasteiger partial charge in [-0.1, -0.05) is 6.92 Å². The average molecular weight is 289 g/mol. The molecular formula is C14H15N3O2S. The third-order valence-electron chi connectivity index (χ3n) is 3.03. The van der Waals surface area contributed by atoms with Crippen LogP contribution in [0.25, 0.3) is 10.6 Å². The third kappa shape index (κ3) is 3.25. The minimum absolute atomic E-state index is 0.172. The molecule has 0 aliphatic rings. The van der Waals surface area contributed by atoms with E-state index in [9.17, 15) is 4.79 Å². The van der Waals surface area contributed by atoms with Crippen LogP contribution in [-0.4, -0.2) is 16.4 Å². The van der Waals surface area contributed by atoms with Crippen LogP contribution in [-0.2, 0) is 11.2 Å². The van der Waals surface area contributed by atoms with Crippen molar-refractivity contribution in [2.45, 2.75) is 32.2 Å². The van der Waals surface area contributed by atoms with Crippen LogP contribution in [0, 0.1) is 11.3 Å². The van der Waals surface area contributed by atoms with Gasteiger partial charge in [-0.3, -0.25) is 4.79 Å². The Morgan fingerprint density at radius 3 is 3.05 bits per heavy atom. The summed E-state index contributed by atoms with van der Waals surface area (Å²) in [6, 6.07) is 3.94. The van der Waals surface area contributed by atoms with Gasteiger partial charge in [-0.2, -0.15) is 5.26 Å². The molecule has 2 rings (SSSR count). The molecule has 0 bridgehead atoms. The Hall–Kier alpha value is -2.13. The lowest BCUT2D eigenvalue weighted by molar-refractivity contribution is -0.121. The number of hydrogen-bond donors (Lipinski definition) is 1. The monoisotopic (exact) mass is 289 g/mol. The molecule has 104 valence electrons. The van der Waals surface area contributed by atoms with Crippen molar-refractivity contribution in [2.24, 2.45) is 0 Å². The minimum atomic E-state index is -0.819. The zero-order chi connectivity index (χ0) is 14.6. The fourth-order valence-corrected chi connectivity index (χ4v) is 2.42. The molecule has 0 aliphatic heterocycles. The van der Waals surface area contributed by atoms with Crippen molar-refractivity contribution in [3.05, 3.63) is 29.7 Å². The first kappa shape index (κ1) is 14.3. The second-order valence-corrected chi connectivity index (χ2v) is 5.54. The maximum absolute atomic E-state index is 11.9. The average Bonchev–Trinajstić information content (AvgIpc) is 3.08. The van der Waals surface area contributed by atoms with E-state index < -0.39 is 5.54 Å². The fourth-order valence-electron chi connectivity index (χ4n) is 1.62. The van der Waals surface area contributed by atoms with Gasteiger partial charge in [0.1, 0.15) is 16.8 Å².